The fourth-order valence-electron chi connectivity index (χ4n) is 2.99. The van der Waals surface area contributed by atoms with Crippen LogP contribution in [-0.4, -0.2) is 44.2 Å². The van der Waals surface area contributed by atoms with Crippen LogP contribution < -0.4 is 9.47 Å². The van der Waals surface area contributed by atoms with Gasteiger partial charge in [0.1, 0.15) is 0 Å². The average Bonchev–Trinajstić information content (AvgIpc) is 3.15. The van der Waals surface area contributed by atoms with Gasteiger partial charge >= 0.3 is 0 Å². The fraction of sp³-hybridized carbons (Fsp3) is 0.350. The molecule has 1 atom stereocenters. The third-order valence-corrected chi connectivity index (χ3v) is 4.39. The molecular formula is C20H23NO4. The van der Waals surface area contributed by atoms with Crippen molar-refractivity contribution in [2.75, 3.05) is 27.3 Å². The normalized spacial score (nSPS) is 16.7. The molecule has 1 fully saturated rings. The summed E-state index contributed by atoms with van der Waals surface area (Å²) in [6, 6.07) is 15.3. The fourth-order valence-corrected chi connectivity index (χ4v) is 2.99. The summed E-state index contributed by atoms with van der Waals surface area (Å²) in [6.45, 7) is 1.89. The van der Waals surface area contributed by atoms with Crippen molar-refractivity contribution in [1.82, 2.24) is 4.90 Å². The van der Waals surface area contributed by atoms with Gasteiger partial charge in [-0.1, -0.05) is 30.3 Å². The minimum Gasteiger partial charge on any atom is -0.493 e. The van der Waals surface area contributed by atoms with Crippen molar-refractivity contribution in [3.63, 3.8) is 0 Å². The van der Waals surface area contributed by atoms with Gasteiger partial charge in [0.05, 0.1) is 26.9 Å². The maximum absolute atomic E-state index is 12.7. The highest BCUT2D eigenvalue weighted by molar-refractivity contribution is 5.95. The van der Waals surface area contributed by atoms with Gasteiger partial charge in [-0.25, -0.2) is 0 Å². The van der Waals surface area contributed by atoms with Gasteiger partial charge in [0.2, 0.25) is 0 Å². The van der Waals surface area contributed by atoms with E-state index in [0.29, 0.717) is 36.8 Å². The van der Waals surface area contributed by atoms with E-state index in [9.17, 15) is 4.79 Å². The monoisotopic (exact) mass is 341 g/mol. The molecule has 1 saturated heterocycles. The first-order valence-corrected chi connectivity index (χ1v) is 8.38. The van der Waals surface area contributed by atoms with Gasteiger partial charge in [-0.2, -0.15) is 0 Å². The largest absolute Gasteiger partial charge is 0.493 e. The lowest BCUT2D eigenvalue weighted by molar-refractivity contribution is 0.0437. The molecule has 1 aliphatic rings. The van der Waals surface area contributed by atoms with Gasteiger partial charge in [-0.05, 0) is 30.2 Å². The predicted octanol–water partition coefficient (Wildman–Crippen LogP) is 3.14. The van der Waals surface area contributed by atoms with Gasteiger partial charge in [-0.3, -0.25) is 4.79 Å². The van der Waals surface area contributed by atoms with Gasteiger partial charge in [0.25, 0.3) is 5.91 Å². The highest BCUT2D eigenvalue weighted by atomic mass is 16.5. The second-order valence-electron chi connectivity index (χ2n) is 6.03. The van der Waals surface area contributed by atoms with E-state index in [4.69, 9.17) is 14.2 Å². The Labute approximate surface area is 148 Å². The molecule has 0 aromatic heterocycles. The molecule has 132 valence electrons. The van der Waals surface area contributed by atoms with Crippen LogP contribution in [0.3, 0.4) is 0 Å². The molecule has 2 aromatic carbocycles. The Morgan fingerprint density at radius 3 is 2.56 bits per heavy atom. The zero-order valence-corrected chi connectivity index (χ0v) is 14.6. The molecule has 0 radical (unpaired) electrons. The number of carbonyl (C=O) groups excluding carboxylic acids is 1. The predicted molar refractivity (Wildman–Crippen MR) is 95.1 cm³/mol. The third kappa shape index (κ3) is 4.12. The van der Waals surface area contributed by atoms with Crippen LogP contribution in [0.15, 0.2) is 48.5 Å². The van der Waals surface area contributed by atoms with E-state index in [-0.39, 0.29) is 12.0 Å². The number of carbonyl (C=O) groups is 1. The number of rotatable bonds is 6. The second-order valence-corrected chi connectivity index (χ2v) is 6.03. The van der Waals surface area contributed by atoms with Crippen molar-refractivity contribution >= 4 is 5.91 Å². The van der Waals surface area contributed by atoms with E-state index in [1.165, 1.54) is 0 Å². The molecular weight excluding hydrogens is 318 g/mol. The van der Waals surface area contributed by atoms with Crippen LogP contribution in [0.4, 0.5) is 0 Å². The van der Waals surface area contributed by atoms with Crippen LogP contribution in [0.1, 0.15) is 22.3 Å². The summed E-state index contributed by atoms with van der Waals surface area (Å²) in [5.41, 5.74) is 1.74. The molecule has 0 aliphatic carbocycles. The van der Waals surface area contributed by atoms with E-state index >= 15 is 0 Å². The summed E-state index contributed by atoms with van der Waals surface area (Å²) in [6.07, 6.45) is 0.926. The first-order chi connectivity index (χ1) is 12.2. The third-order valence-electron chi connectivity index (χ3n) is 4.39. The quantitative estimate of drug-likeness (QED) is 0.810. The molecule has 25 heavy (non-hydrogen) atoms. The number of nitrogens with zero attached hydrogens (tertiary/aromatic N) is 1. The van der Waals surface area contributed by atoms with Gasteiger partial charge < -0.3 is 19.1 Å². The summed E-state index contributed by atoms with van der Waals surface area (Å²) in [7, 11) is 3.14. The zero-order valence-electron chi connectivity index (χ0n) is 14.6. The first-order valence-electron chi connectivity index (χ1n) is 8.38. The van der Waals surface area contributed by atoms with Gasteiger partial charge in [0, 0.05) is 18.7 Å². The molecule has 2 aromatic rings. The second kappa shape index (κ2) is 8.03. The Morgan fingerprint density at radius 2 is 1.84 bits per heavy atom. The van der Waals surface area contributed by atoms with Crippen LogP contribution in [0.5, 0.6) is 11.5 Å². The number of likely N-dealkylation sites (tertiary alicyclic amines) is 1. The van der Waals surface area contributed by atoms with Crippen molar-refractivity contribution in [3.8, 4) is 11.5 Å². The maximum Gasteiger partial charge on any atom is 0.254 e. The van der Waals surface area contributed by atoms with Gasteiger partial charge in [-0.15, -0.1) is 0 Å². The molecule has 1 heterocycles. The lowest BCUT2D eigenvalue weighted by Crippen LogP contribution is -2.30. The van der Waals surface area contributed by atoms with Crippen molar-refractivity contribution in [2.45, 2.75) is 19.1 Å². The van der Waals surface area contributed by atoms with Crippen LogP contribution in [-0.2, 0) is 11.3 Å². The smallest absolute Gasteiger partial charge is 0.254 e. The Kier molecular flexibility index (Phi) is 5.56. The van der Waals surface area contributed by atoms with Gasteiger partial charge in [0.15, 0.2) is 11.5 Å². The number of ether oxygens (including phenoxy) is 3. The highest BCUT2D eigenvalue weighted by Gasteiger charge is 2.28. The molecule has 1 amide bonds. The zero-order chi connectivity index (χ0) is 17.6. The topological polar surface area (TPSA) is 48.0 Å². The Morgan fingerprint density at radius 1 is 1.08 bits per heavy atom. The number of hydrogen-bond donors (Lipinski definition) is 0. The average molecular weight is 341 g/mol. The minimum atomic E-state index is -0.00763. The molecule has 1 unspecified atom stereocenters. The maximum atomic E-state index is 12.7. The SMILES string of the molecule is COc1ccc(C(=O)N2CCC(OCc3ccccc3)C2)cc1OC. The molecule has 0 spiro atoms. The molecule has 5 heteroatoms. The minimum absolute atomic E-state index is 0.00763. The van der Waals surface area contributed by atoms with E-state index in [1.54, 1.807) is 32.4 Å². The van der Waals surface area contributed by atoms with Crippen molar-refractivity contribution in [2.24, 2.45) is 0 Å². The molecule has 5 nitrogen and oxygen atoms in total. The van der Waals surface area contributed by atoms with E-state index in [1.807, 2.05) is 35.2 Å². The molecule has 0 saturated carbocycles. The number of benzene rings is 2. The van der Waals surface area contributed by atoms with Crippen LogP contribution >= 0.6 is 0 Å². The summed E-state index contributed by atoms with van der Waals surface area (Å²) < 4.78 is 16.4. The molecule has 3 rings (SSSR count). The van der Waals surface area contributed by atoms with Crippen LogP contribution in [0, 0.1) is 0 Å². The Hall–Kier alpha value is -2.53. The highest BCUT2D eigenvalue weighted by Crippen LogP contribution is 2.28. The number of amides is 1. The lowest BCUT2D eigenvalue weighted by Gasteiger charge is -2.18. The summed E-state index contributed by atoms with van der Waals surface area (Å²) in [4.78, 5) is 14.5. The molecule has 1 aliphatic heterocycles. The Balaban J connectivity index is 1.59. The van der Waals surface area contributed by atoms with Crippen molar-refractivity contribution in [3.05, 3.63) is 59.7 Å². The molecule has 0 N–H and O–H groups in total. The van der Waals surface area contributed by atoms with Crippen molar-refractivity contribution in [1.29, 1.82) is 0 Å². The van der Waals surface area contributed by atoms with E-state index < -0.39 is 0 Å². The standard InChI is InChI=1S/C20H23NO4/c1-23-18-9-8-16(12-19(18)24-2)20(22)21-11-10-17(13-21)25-14-15-6-4-3-5-7-15/h3-9,12,17H,10-11,13-14H2,1-2H3. The lowest BCUT2D eigenvalue weighted by atomic mass is 10.1. The summed E-state index contributed by atoms with van der Waals surface area (Å²) >= 11 is 0. The van der Waals surface area contributed by atoms with Crippen LogP contribution in [0.25, 0.3) is 0 Å². The Bertz CT molecular complexity index is 717. The van der Waals surface area contributed by atoms with Crippen LogP contribution in [0.2, 0.25) is 0 Å². The van der Waals surface area contributed by atoms with E-state index in [2.05, 4.69) is 0 Å². The first kappa shape index (κ1) is 17.3. The van der Waals surface area contributed by atoms with E-state index in [0.717, 1.165) is 12.0 Å². The number of hydrogen-bond acceptors (Lipinski definition) is 4. The summed E-state index contributed by atoms with van der Waals surface area (Å²) in [5.74, 6) is 1.17. The molecule has 0 bridgehead atoms. The summed E-state index contributed by atoms with van der Waals surface area (Å²) in [5, 5.41) is 0. The van der Waals surface area contributed by atoms with Crippen molar-refractivity contribution < 1.29 is 19.0 Å². The number of methoxy groups -OCH3 is 2.